The van der Waals surface area contributed by atoms with Gasteiger partial charge in [0.1, 0.15) is 0 Å². The quantitative estimate of drug-likeness (QED) is 0.554. The molecule has 0 spiro atoms. The molecule has 0 aliphatic heterocycles. The Morgan fingerprint density at radius 1 is 0.579 bits per heavy atom. The van der Waals surface area contributed by atoms with Crippen molar-refractivity contribution in [2.45, 2.75) is 13.1 Å². The summed E-state index contributed by atoms with van der Waals surface area (Å²) in [6.07, 6.45) is 0. The molecular weight excluding hydrogens is 299 g/mol. The van der Waals surface area contributed by atoms with Crippen molar-refractivity contribution in [1.29, 1.82) is 0 Å². The first kappa shape index (κ1) is 23.4. The van der Waals surface area contributed by atoms with Crippen molar-refractivity contribution in [3.8, 4) is 0 Å². The fraction of sp³-hybridized carbons (Fsp3) is 0.143. The molecule has 1 N–H and O–H groups in total. The molecule has 0 aromatic heterocycles. The second-order valence-corrected chi connectivity index (χ2v) is 3.57. The number of halogens is 3. The Morgan fingerprint density at radius 3 is 1.21 bits per heavy atom. The zero-order valence-corrected chi connectivity index (χ0v) is 12.7. The number of rotatable bonds is 4. The van der Waals surface area contributed by atoms with Crippen molar-refractivity contribution in [2.75, 3.05) is 0 Å². The molecule has 0 atom stereocenters. The van der Waals surface area contributed by atoms with Gasteiger partial charge < -0.3 is 42.5 Å². The summed E-state index contributed by atoms with van der Waals surface area (Å²) in [5.74, 6) is 0. The van der Waals surface area contributed by atoms with Gasteiger partial charge in [0.2, 0.25) is 0 Å². The summed E-state index contributed by atoms with van der Waals surface area (Å²) in [4.78, 5) is 0. The molecule has 0 aliphatic carbocycles. The van der Waals surface area contributed by atoms with Crippen LogP contribution in [0.4, 0.5) is 0 Å². The van der Waals surface area contributed by atoms with E-state index in [4.69, 9.17) is 0 Å². The van der Waals surface area contributed by atoms with Crippen molar-refractivity contribution in [2.24, 2.45) is 0 Å². The van der Waals surface area contributed by atoms with Crippen molar-refractivity contribution < 1.29 is 37.2 Å². The summed E-state index contributed by atoms with van der Waals surface area (Å²) < 4.78 is 0. The van der Waals surface area contributed by atoms with E-state index in [1.807, 2.05) is 12.1 Å². The van der Waals surface area contributed by atoms with E-state index < -0.39 is 0 Å². The standard InChI is InChI=1S/C14H15N.B.3ClH/c1-3-7-13(8-4-1)11-15-12-14-9-5-2-6-10-14;;;;/h1-10,15H,11-12H2;;3*1H/q;+3;;;/p-3. The van der Waals surface area contributed by atoms with E-state index >= 15 is 0 Å². The van der Waals surface area contributed by atoms with Crippen LogP contribution in [0.3, 0.4) is 0 Å². The monoisotopic (exact) mass is 313 g/mol. The Balaban J connectivity index is -0.000000640. The Kier molecular flexibility index (Phi) is 17.0. The van der Waals surface area contributed by atoms with Crippen LogP contribution < -0.4 is 42.5 Å². The summed E-state index contributed by atoms with van der Waals surface area (Å²) >= 11 is 0. The van der Waals surface area contributed by atoms with Gasteiger partial charge in [-0.15, -0.1) is 0 Å². The Labute approximate surface area is 136 Å². The maximum Gasteiger partial charge on any atom is 3.00 e. The molecule has 0 heterocycles. The van der Waals surface area contributed by atoms with Crippen molar-refractivity contribution in [3.63, 3.8) is 0 Å². The van der Waals surface area contributed by atoms with Gasteiger partial charge in [-0.05, 0) is 11.1 Å². The molecule has 0 saturated heterocycles. The smallest absolute Gasteiger partial charge is 1.00 e. The molecule has 0 saturated carbocycles. The maximum absolute atomic E-state index is 3.42. The predicted octanol–water partition coefficient (Wildman–Crippen LogP) is -6.39. The van der Waals surface area contributed by atoms with E-state index in [9.17, 15) is 0 Å². The first-order chi connectivity index (χ1) is 7.45. The molecule has 5 heteroatoms. The molecule has 2 aromatic carbocycles. The summed E-state index contributed by atoms with van der Waals surface area (Å²) in [6.45, 7) is 1.85. The predicted molar refractivity (Wildman–Crippen MR) is 69.2 cm³/mol. The van der Waals surface area contributed by atoms with Crippen molar-refractivity contribution in [1.82, 2.24) is 5.32 Å². The minimum absolute atomic E-state index is 0. The van der Waals surface area contributed by atoms with Gasteiger partial charge >= 0.3 is 8.41 Å². The average molecular weight is 314 g/mol. The molecule has 0 aliphatic rings. The van der Waals surface area contributed by atoms with Gasteiger partial charge in [-0.1, -0.05) is 60.7 Å². The van der Waals surface area contributed by atoms with E-state index in [0.717, 1.165) is 13.1 Å². The van der Waals surface area contributed by atoms with E-state index in [1.54, 1.807) is 0 Å². The average Bonchev–Trinajstić information content (AvgIpc) is 2.32. The summed E-state index contributed by atoms with van der Waals surface area (Å²) in [7, 11) is 0. The molecule has 0 fully saturated rings. The van der Waals surface area contributed by atoms with Gasteiger partial charge in [-0.25, -0.2) is 0 Å². The molecule has 0 radical (unpaired) electrons. The maximum atomic E-state index is 3.42. The van der Waals surface area contributed by atoms with Gasteiger partial charge in [0.25, 0.3) is 0 Å². The fourth-order valence-electron chi connectivity index (χ4n) is 1.54. The topological polar surface area (TPSA) is 12.0 Å². The second kappa shape index (κ2) is 13.8. The minimum Gasteiger partial charge on any atom is -1.00 e. The number of hydrogen-bond acceptors (Lipinski definition) is 1. The van der Waals surface area contributed by atoms with Gasteiger partial charge in [0.05, 0.1) is 0 Å². The largest absolute Gasteiger partial charge is 3.00 e. The third-order valence-corrected chi connectivity index (χ3v) is 2.34. The Bertz CT molecular complexity index is 358. The van der Waals surface area contributed by atoms with Crippen LogP contribution in [0.2, 0.25) is 0 Å². The first-order valence-corrected chi connectivity index (χ1v) is 5.24. The van der Waals surface area contributed by atoms with Crippen molar-refractivity contribution in [3.05, 3.63) is 71.8 Å². The van der Waals surface area contributed by atoms with Crippen LogP contribution in [0, 0.1) is 0 Å². The zero-order valence-electron chi connectivity index (χ0n) is 10.4. The third kappa shape index (κ3) is 8.96. The zero-order chi connectivity index (χ0) is 10.3. The molecule has 100 valence electrons. The van der Waals surface area contributed by atoms with E-state index in [-0.39, 0.29) is 45.6 Å². The first-order valence-electron chi connectivity index (χ1n) is 5.24. The summed E-state index contributed by atoms with van der Waals surface area (Å²) in [5, 5.41) is 3.42. The minimum atomic E-state index is 0. The summed E-state index contributed by atoms with van der Waals surface area (Å²) in [5.41, 5.74) is 2.65. The van der Waals surface area contributed by atoms with Gasteiger partial charge in [-0.3, -0.25) is 0 Å². The number of hydrogen-bond donors (Lipinski definition) is 1. The van der Waals surface area contributed by atoms with Crippen LogP contribution in [0.5, 0.6) is 0 Å². The summed E-state index contributed by atoms with van der Waals surface area (Å²) in [6, 6.07) is 20.9. The Hall–Kier alpha value is -0.665. The fourth-order valence-corrected chi connectivity index (χ4v) is 1.54. The molecule has 0 unspecified atom stereocenters. The molecule has 2 rings (SSSR count). The van der Waals surface area contributed by atoms with Crippen molar-refractivity contribution >= 4 is 8.41 Å². The van der Waals surface area contributed by atoms with E-state index in [1.165, 1.54) is 11.1 Å². The van der Waals surface area contributed by atoms with Crippen LogP contribution in [0.1, 0.15) is 11.1 Å². The van der Waals surface area contributed by atoms with E-state index in [0.29, 0.717) is 0 Å². The normalized spacial score (nSPS) is 8.00. The van der Waals surface area contributed by atoms with Crippen LogP contribution in [-0.4, -0.2) is 8.41 Å². The molecule has 19 heavy (non-hydrogen) atoms. The number of benzene rings is 2. The van der Waals surface area contributed by atoms with Gasteiger partial charge in [-0.2, -0.15) is 0 Å². The molecule has 1 nitrogen and oxygen atoms in total. The second-order valence-electron chi connectivity index (χ2n) is 3.57. The van der Waals surface area contributed by atoms with E-state index in [2.05, 4.69) is 53.8 Å². The van der Waals surface area contributed by atoms with Crippen LogP contribution >= 0.6 is 0 Å². The SMILES string of the molecule is [B+3].[Cl-].[Cl-].[Cl-].c1ccc(CNCc2ccccc2)cc1. The van der Waals surface area contributed by atoms with Crippen LogP contribution in [-0.2, 0) is 13.1 Å². The number of nitrogens with one attached hydrogen (secondary N) is 1. The molecule has 0 bridgehead atoms. The molecule has 0 amide bonds. The molecular formula is C14H15BCl3N. The van der Waals surface area contributed by atoms with Gasteiger partial charge in [0.15, 0.2) is 0 Å². The molecule has 2 aromatic rings. The van der Waals surface area contributed by atoms with Crippen LogP contribution in [0.15, 0.2) is 60.7 Å². The Morgan fingerprint density at radius 2 is 0.895 bits per heavy atom. The van der Waals surface area contributed by atoms with Gasteiger partial charge in [0, 0.05) is 13.1 Å². The third-order valence-electron chi connectivity index (χ3n) is 2.34. The van der Waals surface area contributed by atoms with Crippen LogP contribution in [0.25, 0.3) is 0 Å².